The van der Waals surface area contributed by atoms with E-state index in [4.69, 9.17) is 22.1 Å². The van der Waals surface area contributed by atoms with Crippen LogP contribution in [0.4, 0.5) is 28.9 Å². The number of alkyl halides is 3. The summed E-state index contributed by atoms with van der Waals surface area (Å²) in [6.45, 7) is 2.06. The Morgan fingerprint density at radius 1 is 1.13 bits per heavy atom. The van der Waals surface area contributed by atoms with E-state index in [0.29, 0.717) is 28.9 Å². The molecule has 10 heteroatoms. The van der Waals surface area contributed by atoms with Gasteiger partial charge in [0.25, 0.3) is 0 Å². The molecule has 5 nitrogen and oxygen atoms in total. The van der Waals surface area contributed by atoms with E-state index in [0.717, 1.165) is 11.6 Å². The predicted octanol–water partition coefficient (Wildman–Crippen LogP) is 5.85. The van der Waals surface area contributed by atoms with Crippen LogP contribution < -0.4 is 20.5 Å². The minimum atomic E-state index is -4.89. The van der Waals surface area contributed by atoms with Crippen molar-refractivity contribution in [1.29, 1.82) is 0 Å². The van der Waals surface area contributed by atoms with Crippen molar-refractivity contribution in [2.45, 2.75) is 26.4 Å². The number of anilines is 2. The molecule has 3 rings (SSSR count). The summed E-state index contributed by atoms with van der Waals surface area (Å²) in [6.07, 6.45) is -3.18. The Morgan fingerprint density at radius 2 is 1.90 bits per heavy atom. The van der Waals surface area contributed by atoms with E-state index in [1.165, 1.54) is 12.1 Å². The van der Waals surface area contributed by atoms with Crippen LogP contribution in [0.3, 0.4) is 0 Å². The number of rotatable bonds is 7. The zero-order chi connectivity index (χ0) is 22.6. The van der Waals surface area contributed by atoms with Gasteiger partial charge in [0.1, 0.15) is 23.9 Å². The normalized spacial score (nSPS) is 11.3. The van der Waals surface area contributed by atoms with Crippen LogP contribution in [0.5, 0.6) is 11.5 Å². The summed E-state index contributed by atoms with van der Waals surface area (Å²) in [4.78, 5) is 4.25. The van der Waals surface area contributed by atoms with E-state index in [1.807, 2.05) is 19.1 Å². The minimum absolute atomic E-state index is 0.0388. The molecule has 0 bridgehead atoms. The van der Waals surface area contributed by atoms with Crippen LogP contribution in [0.15, 0.2) is 48.7 Å². The monoisotopic (exact) mass is 455 g/mol. The number of aromatic nitrogens is 1. The van der Waals surface area contributed by atoms with Crippen molar-refractivity contribution in [1.82, 2.24) is 4.98 Å². The van der Waals surface area contributed by atoms with Gasteiger partial charge in [-0.2, -0.15) is 0 Å². The van der Waals surface area contributed by atoms with E-state index in [9.17, 15) is 17.6 Å². The van der Waals surface area contributed by atoms with Crippen LogP contribution in [0.2, 0.25) is 5.02 Å². The first kappa shape index (κ1) is 22.5. The molecule has 3 aromatic rings. The number of hydrogen-bond donors (Lipinski definition) is 2. The maximum atomic E-state index is 14.1. The first-order valence-electron chi connectivity index (χ1n) is 9.02. The molecule has 0 spiro atoms. The molecule has 31 heavy (non-hydrogen) atoms. The number of nitrogens with one attached hydrogen (secondary N) is 1. The van der Waals surface area contributed by atoms with Crippen LogP contribution in [-0.4, -0.2) is 11.3 Å². The van der Waals surface area contributed by atoms with Crippen molar-refractivity contribution in [3.8, 4) is 11.5 Å². The Labute approximate surface area is 180 Å². The highest BCUT2D eigenvalue weighted by Gasteiger charge is 2.31. The molecule has 0 radical (unpaired) electrons. The zero-order valence-electron chi connectivity index (χ0n) is 16.3. The van der Waals surface area contributed by atoms with Gasteiger partial charge in [0.2, 0.25) is 0 Å². The maximum absolute atomic E-state index is 14.1. The van der Waals surface area contributed by atoms with Gasteiger partial charge < -0.3 is 20.5 Å². The van der Waals surface area contributed by atoms with E-state index < -0.39 is 17.9 Å². The number of hydrogen-bond acceptors (Lipinski definition) is 5. The SMILES string of the molecule is Cc1ccc(COc2cc(NCc3ccc(OC(F)(F)F)cc3F)c(N)cc2Cl)nc1. The molecule has 0 fully saturated rings. The molecule has 0 unspecified atom stereocenters. The zero-order valence-corrected chi connectivity index (χ0v) is 17.0. The maximum Gasteiger partial charge on any atom is 0.573 e. The molecule has 3 N–H and O–H groups in total. The lowest BCUT2D eigenvalue weighted by Gasteiger charge is -2.15. The molecule has 0 saturated carbocycles. The van der Waals surface area contributed by atoms with Crippen LogP contribution in [0.1, 0.15) is 16.8 Å². The summed E-state index contributed by atoms with van der Waals surface area (Å²) >= 11 is 6.19. The second-order valence-corrected chi connectivity index (χ2v) is 7.05. The van der Waals surface area contributed by atoms with Gasteiger partial charge >= 0.3 is 6.36 Å². The number of halogens is 5. The molecule has 1 aromatic heterocycles. The Hall–Kier alpha value is -3.20. The fourth-order valence-electron chi connectivity index (χ4n) is 2.63. The van der Waals surface area contributed by atoms with Gasteiger partial charge in [-0.3, -0.25) is 4.98 Å². The smallest absolute Gasteiger partial charge is 0.486 e. The highest BCUT2D eigenvalue weighted by Crippen LogP contribution is 2.34. The van der Waals surface area contributed by atoms with Crippen LogP contribution in [0, 0.1) is 12.7 Å². The van der Waals surface area contributed by atoms with Gasteiger partial charge in [-0.25, -0.2) is 4.39 Å². The number of nitrogen functional groups attached to an aromatic ring is 1. The van der Waals surface area contributed by atoms with E-state index in [1.54, 1.807) is 12.3 Å². The van der Waals surface area contributed by atoms with Crippen LogP contribution in [-0.2, 0) is 13.2 Å². The van der Waals surface area contributed by atoms with Gasteiger partial charge in [0, 0.05) is 30.4 Å². The number of ether oxygens (including phenoxy) is 2. The fraction of sp³-hybridized carbons (Fsp3) is 0.190. The number of nitrogens with two attached hydrogens (primary N) is 1. The third-order valence-electron chi connectivity index (χ3n) is 4.18. The van der Waals surface area contributed by atoms with Crippen LogP contribution >= 0.6 is 11.6 Å². The second kappa shape index (κ2) is 9.30. The summed E-state index contributed by atoms with van der Waals surface area (Å²) in [7, 11) is 0. The van der Waals surface area contributed by atoms with E-state index >= 15 is 0 Å². The number of nitrogens with zero attached hydrogens (tertiary/aromatic N) is 1. The average molecular weight is 456 g/mol. The standard InChI is InChI=1S/C21H18ClF4N3O2/c1-12-2-4-14(28-9-12)11-30-20-8-19(18(27)7-16(20)22)29-10-13-3-5-15(6-17(13)23)31-21(24,25)26/h2-9,29H,10-11,27H2,1H3. The minimum Gasteiger partial charge on any atom is -0.486 e. The second-order valence-electron chi connectivity index (χ2n) is 6.64. The molecule has 0 aliphatic rings. The molecule has 0 saturated heterocycles. The molecule has 0 aliphatic heterocycles. The van der Waals surface area contributed by atoms with Crippen molar-refractivity contribution < 1.29 is 27.0 Å². The van der Waals surface area contributed by atoms with E-state index in [2.05, 4.69) is 15.0 Å². The first-order chi connectivity index (χ1) is 14.6. The lowest BCUT2D eigenvalue weighted by atomic mass is 10.2. The predicted molar refractivity (Wildman–Crippen MR) is 110 cm³/mol. The average Bonchev–Trinajstić information content (AvgIpc) is 2.68. The quantitative estimate of drug-likeness (QED) is 0.345. The van der Waals surface area contributed by atoms with Gasteiger partial charge in [-0.15, -0.1) is 13.2 Å². The largest absolute Gasteiger partial charge is 0.573 e. The van der Waals surface area contributed by atoms with Crippen LogP contribution in [0.25, 0.3) is 0 Å². The molecular formula is C21H18ClF4N3O2. The third-order valence-corrected chi connectivity index (χ3v) is 4.47. The third kappa shape index (κ3) is 6.39. The molecule has 164 valence electrons. The van der Waals surface area contributed by atoms with Gasteiger partial charge in [-0.05, 0) is 30.7 Å². The van der Waals surface area contributed by atoms with Crippen molar-refractivity contribution >= 4 is 23.0 Å². The molecule has 1 heterocycles. The van der Waals surface area contributed by atoms with Gasteiger partial charge in [0.05, 0.1) is 22.1 Å². The number of benzene rings is 2. The van der Waals surface area contributed by atoms with Gasteiger partial charge in [-0.1, -0.05) is 23.7 Å². The highest BCUT2D eigenvalue weighted by molar-refractivity contribution is 6.32. The topological polar surface area (TPSA) is 69.4 Å². The summed E-state index contributed by atoms with van der Waals surface area (Å²) in [6, 6.07) is 9.66. The number of aryl methyl sites for hydroxylation is 1. The highest BCUT2D eigenvalue weighted by atomic mass is 35.5. The number of pyridine rings is 1. The molecular weight excluding hydrogens is 438 g/mol. The van der Waals surface area contributed by atoms with Crippen molar-refractivity contribution in [2.24, 2.45) is 0 Å². The fourth-order valence-corrected chi connectivity index (χ4v) is 2.85. The first-order valence-corrected chi connectivity index (χ1v) is 9.40. The van der Waals surface area contributed by atoms with Gasteiger partial charge in [0.15, 0.2) is 0 Å². The van der Waals surface area contributed by atoms with Crippen molar-refractivity contribution in [2.75, 3.05) is 11.1 Å². The van der Waals surface area contributed by atoms with Crippen molar-refractivity contribution in [3.63, 3.8) is 0 Å². The summed E-state index contributed by atoms with van der Waals surface area (Å²) in [5.41, 5.74) is 8.52. The summed E-state index contributed by atoms with van der Waals surface area (Å²) in [5, 5.41) is 3.22. The molecule has 0 atom stereocenters. The van der Waals surface area contributed by atoms with E-state index in [-0.39, 0.29) is 23.7 Å². The van der Waals surface area contributed by atoms with Crippen molar-refractivity contribution in [3.05, 3.63) is 76.3 Å². The Balaban J connectivity index is 1.68. The Kier molecular flexibility index (Phi) is 6.74. The summed E-state index contributed by atoms with van der Waals surface area (Å²) in [5.74, 6) is -1.15. The Morgan fingerprint density at radius 3 is 2.55 bits per heavy atom. The molecule has 0 amide bonds. The Bertz CT molecular complexity index is 1060. The summed E-state index contributed by atoms with van der Waals surface area (Å²) < 4.78 is 60.3. The lowest BCUT2D eigenvalue weighted by molar-refractivity contribution is -0.274. The molecule has 0 aliphatic carbocycles. The molecule has 2 aromatic carbocycles. The lowest BCUT2D eigenvalue weighted by Crippen LogP contribution is -2.17.